The van der Waals surface area contributed by atoms with Gasteiger partial charge in [-0.15, -0.1) is 0 Å². The average Bonchev–Trinajstić information content (AvgIpc) is 2.55. The summed E-state index contributed by atoms with van der Waals surface area (Å²) < 4.78 is 6.06. The quantitative estimate of drug-likeness (QED) is 0.842. The van der Waals surface area contributed by atoms with Crippen LogP contribution in [0, 0.1) is 13.8 Å². The van der Waals surface area contributed by atoms with Gasteiger partial charge in [-0.2, -0.15) is 0 Å². The molecule has 2 unspecified atom stereocenters. The maximum absolute atomic E-state index is 12.9. The van der Waals surface area contributed by atoms with E-state index in [9.17, 15) is 4.79 Å². The second-order valence-electron chi connectivity index (χ2n) is 6.37. The van der Waals surface area contributed by atoms with E-state index in [-0.39, 0.29) is 18.1 Å². The smallest absolute Gasteiger partial charge is 0.254 e. The Morgan fingerprint density at radius 2 is 1.74 bits per heavy atom. The zero-order chi connectivity index (χ0) is 16.4. The van der Waals surface area contributed by atoms with E-state index in [0.717, 1.165) is 16.7 Å². The summed E-state index contributed by atoms with van der Waals surface area (Å²) in [7, 11) is 0. The van der Waals surface area contributed by atoms with Gasteiger partial charge in [-0.3, -0.25) is 4.79 Å². The molecule has 0 saturated carbocycles. The van der Waals surface area contributed by atoms with Crippen molar-refractivity contribution in [3.8, 4) is 0 Å². The molecule has 1 aliphatic rings. The number of rotatable bonds is 2. The van der Waals surface area contributed by atoms with Crippen molar-refractivity contribution < 1.29 is 9.53 Å². The minimum atomic E-state index is -0.0627. The summed E-state index contributed by atoms with van der Waals surface area (Å²) in [4.78, 5) is 14.8. The number of benzene rings is 2. The molecule has 1 fully saturated rings. The van der Waals surface area contributed by atoms with E-state index in [0.29, 0.717) is 13.1 Å². The molecule has 0 aromatic heterocycles. The van der Waals surface area contributed by atoms with Gasteiger partial charge in [0.15, 0.2) is 0 Å². The van der Waals surface area contributed by atoms with Crippen molar-refractivity contribution in [1.82, 2.24) is 4.90 Å². The Morgan fingerprint density at radius 3 is 2.43 bits per heavy atom. The van der Waals surface area contributed by atoms with Crippen LogP contribution in [0.3, 0.4) is 0 Å². The summed E-state index contributed by atoms with van der Waals surface area (Å²) in [6.07, 6.45) is -0.0321. The molecule has 2 aromatic rings. The van der Waals surface area contributed by atoms with E-state index in [1.54, 1.807) is 0 Å². The van der Waals surface area contributed by atoms with Gasteiger partial charge in [-0.25, -0.2) is 0 Å². The number of carbonyl (C=O) groups is 1. The summed E-state index contributed by atoms with van der Waals surface area (Å²) in [5.74, 6) is 0.0929. The first kappa shape index (κ1) is 15.8. The van der Waals surface area contributed by atoms with Crippen molar-refractivity contribution in [2.75, 3.05) is 13.1 Å². The molecule has 3 rings (SSSR count). The van der Waals surface area contributed by atoms with Crippen LogP contribution in [0.15, 0.2) is 48.5 Å². The fourth-order valence-corrected chi connectivity index (χ4v) is 3.07. The highest BCUT2D eigenvalue weighted by Gasteiger charge is 2.30. The third-order valence-corrected chi connectivity index (χ3v) is 4.37. The van der Waals surface area contributed by atoms with Gasteiger partial charge in [0.2, 0.25) is 0 Å². The molecule has 2 aromatic carbocycles. The van der Waals surface area contributed by atoms with Gasteiger partial charge in [0, 0.05) is 12.1 Å². The molecule has 2 atom stereocenters. The Bertz CT molecular complexity index is 693. The number of ether oxygens (including phenoxy) is 1. The molecular formula is C20H23NO2. The van der Waals surface area contributed by atoms with Gasteiger partial charge < -0.3 is 9.64 Å². The highest BCUT2D eigenvalue weighted by Crippen LogP contribution is 2.27. The van der Waals surface area contributed by atoms with Crippen molar-refractivity contribution in [3.05, 3.63) is 70.8 Å². The molecule has 0 aliphatic carbocycles. The normalized spacial score (nSPS) is 21.3. The van der Waals surface area contributed by atoms with Gasteiger partial charge in [-0.05, 0) is 38.0 Å². The highest BCUT2D eigenvalue weighted by molar-refractivity contribution is 5.95. The highest BCUT2D eigenvalue weighted by atomic mass is 16.5. The van der Waals surface area contributed by atoms with Crippen LogP contribution >= 0.6 is 0 Å². The molecule has 0 radical (unpaired) electrons. The van der Waals surface area contributed by atoms with E-state index in [4.69, 9.17) is 4.74 Å². The predicted octanol–water partition coefficient (Wildman–Crippen LogP) is 3.91. The van der Waals surface area contributed by atoms with E-state index < -0.39 is 0 Å². The number of hydrogen-bond acceptors (Lipinski definition) is 2. The van der Waals surface area contributed by atoms with Crippen molar-refractivity contribution >= 4 is 5.91 Å². The van der Waals surface area contributed by atoms with Crippen LogP contribution in [0.2, 0.25) is 0 Å². The third-order valence-electron chi connectivity index (χ3n) is 4.37. The number of amides is 1. The first-order valence-corrected chi connectivity index (χ1v) is 8.11. The number of carbonyl (C=O) groups excluding carboxylic acids is 1. The average molecular weight is 309 g/mol. The lowest BCUT2D eigenvalue weighted by Gasteiger charge is -2.37. The van der Waals surface area contributed by atoms with Gasteiger partial charge in [0.05, 0.1) is 12.6 Å². The van der Waals surface area contributed by atoms with Gasteiger partial charge in [-0.1, -0.05) is 48.0 Å². The van der Waals surface area contributed by atoms with Crippen molar-refractivity contribution in [1.29, 1.82) is 0 Å². The second-order valence-corrected chi connectivity index (χ2v) is 6.37. The van der Waals surface area contributed by atoms with E-state index >= 15 is 0 Å². The lowest BCUT2D eigenvalue weighted by Crippen LogP contribution is -2.46. The lowest BCUT2D eigenvalue weighted by molar-refractivity contribution is -0.0691. The number of hydrogen-bond donors (Lipinski definition) is 0. The summed E-state index contributed by atoms with van der Waals surface area (Å²) in [6, 6.07) is 16.1. The van der Waals surface area contributed by atoms with Gasteiger partial charge in [0.25, 0.3) is 5.91 Å². The Labute approximate surface area is 137 Å². The molecule has 0 bridgehead atoms. The number of nitrogens with zero attached hydrogens (tertiary/aromatic N) is 1. The second kappa shape index (κ2) is 6.55. The van der Waals surface area contributed by atoms with Gasteiger partial charge >= 0.3 is 0 Å². The fourth-order valence-electron chi connectivity index (χ4n) is 3.07. The zero-order valence-corrected chi connectivity index (χ0v) is 14.0. The minimum Gasteiger partial charge on any atom is -0.367 e. The van der Waals surface area contributed by atoms with Crippen LogP contribution in [0.5, 0.6) is 0 Å². The molecule has 3 nitrogen and oxygen atoms in total. The predicted molar refractivity (Wildman–Crippen MR) is 91.5 cm³/mol. The first-order chi connectivity index (χ1) is 11.0. The summed E-state index contributed by atoms with van der Waals surface area (Å²) in [6.45, 7) is 7.31. The third kappa shape index (κ3) is 3.45. The van der Waals surface area contributed by atoms with Crippen LogP contribution in [-0.4, -0.2) is 30.0 Å². The van der Waals surface area contributed by atoms with E-state index in [1.807, 2.05) is 43.0 Å². The monoisotopic (exact) mass is 309 g/mol. The Balaban J connectivity index is 1.82. The van der Waals surface area contributed by atoms with Crippen LogP contribution in [0.1, 0.15) is 40.1 Å². The van der Waals surface area contributed by atoms with E-state index in [2.05, 4.69) is 31.2 Å². The minimum absolute atomic E-state index is 0.0306. The molecular weight excluding hydrogens is 286 g/mol. The maximum atomic E-state index is 12.9. The van der Waals surface area contributed by atoms with Gasteiger partial charge in [0.1, 0.15) is 6.10 Å². The Kier molecular flexibility index (Phi) is 4.49. The standard InChI is InChI=1S/C20H23NO2/c1-14-8-10-17(11-9-14)19-13-21(12-16(3)23-19)20(22)18-7-5-4-6-15(18)2/h4-11,16,19H,12-13H2,1-3H3. The molecule has 120 valence electrons. The number of aryl methyl sites for hydroxylation is 2. The van der Waals surface area contributed by atoms with Crippen LogP contribution < -0.4 is 0 Å². The summed E-state index contributed by atoms with van der Waals surface area (Å²) in [5, 5.41) is 0. The largest absolute Gasteiger partial charge is 0.367 e. The zero-order valence-electron chi connectivity index (χ0n) is 14.0. The summed E-state index contributed by atoms with van der Waals surface area (Å²) >= 11 is 0. The molecule has 23 heavy (non-hydrogen) atoms. The molecule has 1 heterocycles. The van der Waals surface area contributed by atoms with Crippen LogP contribution in [-0.2, 0) is 4.74 Å². The molecule has 3 heteroatoms. The Morgan fingerprint density at radius 1 is 1.04 bits per heavy atom. The van der Waals surface area contributed by atoms with Crippen molar-refractivity contribution in [3.63, 3.8) is 0 Å². The van der Waals surface area contributed by atoms with Crippen LogP contribution in [0.4, 0.5) is 0 Å². The lowest BCUT2D eigenvalue weighted by atomic mass is 10.0. The SMILES string of the molecule is Cc1ccc(C2CN(C(=O)c3ccccc3C)CC(C)O2)cc1. The molecule has 1 saturated heterocycles. The fraction of sp³-hybridized carbons (Fsp3) is 0.350. The first-order valence-electron chi connectivity index (χ1n) is 8.11. The Hall–Kier alpha value is -2.13. The van der Waals surface area contributed by atoms with Crippen molar-refractivity contribution in [2.24, 2.45) is 0 Å². The van der Waals surface area contributed by atoms with Crippen LogP contribution in [0.25, 0.3) is 0 Å². The molecule has 0 spiro atoms. The topological polar surface area (TPSA) is 29.5 Å². The maximum Gasteiger partial charge on any atom is 0.254 e. The molecule has 1 aliphatic heterocycles. The number of morpholine rings is 1. The van der Waals surface area contributed by atoms with E-state index in [1.165, 1.54) is 5.56 Å². The summed E-state index contributed by atoms with van der Waals surface area (Å²) in [5.41, 5.74) is 4.16. The molecule has 0 N–H and O–H groups in total. The molecule has 1 amide bonds. The van der Waals surface area contributed by atoms with Crippen molar-refractivity contribution in [2.45, 2.75) is 33.0 Å².